The summed E-state index contributed by atoms with van der Waals surface area (Å²) in [5.41, 5.74) is 5.82. The second-order valence-electron chi connectivity index (χ2n) is 3.74. The molecule has 1 rings (SSSR count). The third kappa shape index (κ3) is 3.76. The molecular weight excluding hydrogens is 272 g/mol. The van der Waals surface area contributed by atoms with E-state index in [9.17, 15) is 18.0 Å². The summed E-state index contributed by atoms with van der Waals surface area (Å²) in [6.45, 7) is 1.15. The van der Waals surface area contributed by atoms with Crippen LogP contribution in [-0.4, -0.2) is 33.9 Å². The van der Waals surface area contributed by atoms with Gasteiger partial charge in [-0.15, -0.1) is 0 Å². The molecule has 0 fully saturated rings. The Kier molecular flexibility index (Phi) is 4.62. The number of rotatable bonds is 5. The van der Waals surface area contributed by atoms with Crippen LogP contribution in [0.2, 0.25) is 0 Å². The van der Waals surface area contributed by atoms with E-state index in [0.29, 0.717) is 5.56 Å². The normalized spacial score (nSPS) is 11.1. The number of aryl methyl sites for hydroxylation is 1. The van der Waals surface area contributed by atoms with E-state index in [4.69, 9.17) is 5.73 Å². The molecule has 104 valence electrons. The molecule has 0 aliphatic carbocycles. The van der Waals surface area contributed by atoms with Gasteiger partial charge in [-0.25, -0.2) is 8.42 Å². The minimum Gasteiger partial charge on any atom is -0.468 e. The number of carbonyl (C=O) groups is 2. The first-order chi connectivity index (χ1) is 8.77. The molecule has 0 radical (unpaired) electrons. The van der Waals surface area contributed by atoms with Crippen molar-refractivity contribution in [1.29, 1.82) is 0 Å². The highest BCUT2D eigenvalue weighted by molar-refractivity contribution is 7.89. The molecule has 0 saturated heterocycles. The molecule has 0 aliphatic heterocycles. The van der Waals surface area contributed by atoms with Gasteiger partial charge in [0.05, 0.1) is 12.0 Å². The number of hydrogen-bond acceptors (Lipinski definition) is 5. The molecule has 1 amide bonds. The van der Waals surface area contributed by atoms with Crippen molar-refractivity contribution in [3.63, 3.8) is 0 Å². The van der Waals surface area contributed by atoms with Gasteiger partial charge >= 0.3 is 5.97 Å². The van der Waals surface area contributed by atoms with E-state index in [1.807, 2.05) is 0 Å². The van der Waals surface area contributed by atoms with Gasteiger partial charge in [-0.05, 0) is 24.6 Å². The molecule has 0 saturated carbocycles. The molecule has 0 aliphatic rings. The predicted octanol–water partition coefficient (Wildman–Crippen LogP) is -0.455. The van der Waals surface area contributed by atoms with E-state index >= 15 is 0 Å². The molecule has 7 nitrogen and oxygen atoms in total. The average molecular weight is 286 g/mol. The van der Waals surface area contributed by atoms with Crippen LogP contribution < -0.4 is 10.5 Å². The van der Waals surface area contributed by atoms with E-state index in [1.54, 1.807) is 6.92 Å². The van der Waals surface area contributed by atoms with E-state index < -0.39 is 28.4 Å². The van der Waals surface area contributed by atoms with Crippen LogP contribution in [-0.2, 0) is 19.6 Å². The summed E-state index contributed by atoms with van der Waals surface area (Å²) in [7, 11) is -2.75. The number of nitrogens with two attached hydrogens (primary N) is 1. The van der Waals surface area contributed by atoms with Crippen LogP contribution in [0, 0.1) is 6.92 Å². The largest absolute Gasteiger partial charge is 0.468 e. The highest BCUT2D eigenvalue weighted by Crippen LogP contribution is 2.15. The highest BCUT2D eigenvalue weighted by Gasteiger charge is 2.18. The maximum atomic E-state index is 11.9. The van der Waals surface area contributed by atoms with Crippen molar-refractivity contribution in [2.75, 3.05) is 13.7 Å². The number of ether oxygens (including phenoxy) is 1. The Morgan fingerprint density at radius 1 is 1.37 bits per heavy atom. The highest BCUT2D eigenvalue weighted by atomic mass is 32.2. The van der Waals surface area contributed by atoms with Crippen molar-refractivity contribution >= 4 is 21.9 Å². The van der Waals surface area contributed by atoms with Gasteiger partial charge in [0.1, 0.15) is 6.54 Å². The van der Waals surface area contributed by atoms with Crippen LogP contribution in [0.25, 0.3) is 0 Å². The smallest absolute Gasteiger partial charge is 0.320 e. The zero-order chi connectivity index (χ0) is 14.6. The molecule has 0 heterocycles. The number of sulfonamides is 1. The average Bonchev–Trinajstić information content (AvgIpc) is 2.35. The fourth-order valence-corrected chi connectivity index (χ4v) is 2.34. The van der Waals surface area contributed by atoms with Crippen molar-refractivity contribution < 1.29 is 22.7 Å². The molecule has 0 aromatic heterocycles. The predicted molar refractivity (Wildman–Crippen MR) is 66.9 cm³/mol. The number of methoxy groups -OCH3 is 1. The van der Waals surface area contributed by atoms with Crippen LogP contribution in [0.5, 0.6) is 0 Å². The molecule has 0 bridgehead atoms. The summed E-state index contributed by atoms with van der Waals surface area (Å²) in [5.74, 6) is -1.44. The Hall–Kier alpha value is -1.93. The number of benzene rings is 1. The third-order valence-corrected chi connectivity index (χ3v) is 3.82. The Morgan fingerprint density at radius 3 is 2.53 bits per heavy atom. The quantitative estimate of drug-likeness (QED) is 0.711. The summed E-state index contributed by atoms with van der Waals surface area (Å²) < 4.78 is 30.1. The number of amides is 1. The molecule has 19 heavy (non-hydrogen) atoms. The zero-order valence-corrected chi connectivity index (χ0v) is 11.3. The fourth-order valence-electron chi connectivity index (χ4n) is 1.34. The Balaban J connectivity index is 3.05. The summed E-state index contributed by atoms with van der Waals surface area (Å²) in [6, 6.07) is 3.95. The lowest BCUT2D eigenvalue weighted by Gasteiger charge is -2.08. The minimum absolute atomic E-state index is 0.112. The number of nitrogens with one attached hydrogen (secondary N) is 1. The minimum atomic E-state index is -3.90. The van der Waals surface area contributed by atoms with Crippen LogP contribution in [0.4, 0.5) is 0 Å². The lowest BCUT2D eigenvalue weighted by atomic mass is 10.1. The first kappa shape index (κ1) is 15.1. The number of primary amides is 1. The lowest BCUT2D eigenvalue weighted by molar-refractivity contribution is -0.139. The number of esters is 1. The monoisotopic (exact) mass is 286 g/mol. The zero-order valence-electron chi connectivity index (χ0n) is 10.5. The molecule has 3 N–H and O–H groups in total. The van der Waals surface area contributed by atoms with Gasteiger partial charge in [0.25, 0.3) is 0 Å². The number of hydrogen-bond donors (Lipinski definition) is 2. The van der Waals surface area contributed by atoms with E-state index in [0.717, 1.165) is 13.2 Å². The summed E-state index contributed by atoms with van der Waals surface area (Å²) >= 11 is 0. The van der Waals surface area contributed by atoms with Crippen LogP contribution in [0.3, 0.4) is 0 Å². The Morgan fingerprint density at radius 2 is 2.00 bits per heavy atom. The van der Waals surface area contributed by atoms with E-state index in [2.05, 4.69) is 9.46 Å². The third-order valence-electron chi connectivity index (χ3n) is 2.42. The molecule has 0 spiro atoms. The molecule has 0 unspecified atom stereocenters. The first-order valence-electron chi connectivity index (χ1n) is 5.25. The molecule has 1 aromatic rings. The van der Waals surface area contributed by atoms with E-state index in [-0.39, 0.29) is 10.5 Å². The van der Waals surface area contributed by atoms with Crippen molar-refractivity contribution in [3.8, 4) is 0 Å². The first-order valence-corrected chi connectivity index (χ1v) is 6.73. The fraction of sp³-hybridized carbons (Fsp3) is 0.273. The van der Waals surface area contributed by atoms with Gasteiger partial charge in [-0.1, -0.05) is 6.07 Å². The van der Waals surface area contributed by atoms with Crippen LogP contribution in [0.1, 0.15) is 15.9 Å². The standard InChI is InChI=1S/C11H14N2O5S/c1-7-3-4-8(5-9(7)11(12)15)19(16,17)13-6-10(14)18-2/h3-5,13H,6H2,1-2H3,(H2,12,15). The molecule has 0 atom stereocenters. The van der Waals surface area contributed by atoms with Gasteiger partial charge in [0.15, 0.2) is 0 Å². The summed E-state index contributed by atoms with van der Waals surface area (Å²) in [5, 5.41) is 0. The van der Waals surface area contributed by atoms with Gasteiger partial charge < -0.3 is 10.5 Å². The van der Waals surface area contributed by atoms with E-state index in [1.165, 1.54) is 12.1 Å². The number of carbonyl (C=O) groups excluding carboxylic acids is 2. The topological polar surface area (TPSA) is 116 Å². The van der Waals surface area contributed by atoms with Crippen molar-refractivity contribution in [3.05, 3.63) is 29.3 Å². The lowest BCUT2D eigenvalue weighted by Crippen LogP contribution is -2.30. The second kappa shape index (κ2) is 5.81. The Labute approximate surface area is 110 Å². The van der Waals surface area contributed by atoms with Crippen LogP contribution >= 0.6 is 0 Å². The maximum absolute atomic E-state index is 11.9. The van der Waals surface area contributed by atoms with Gasteiger partial charge in [-0.3, -0.25) is 9.59 Å². The van der Waals surface area contributed by atoms with Gasteiger partial charge in [0, 0.05) is 5.56 Å². The second-order valence-corrected chi connectivity index (χ2v) is 5.51. The summed E-state index contributed by atoms with van der Waals surface area (Å²) in [6.07, 6.45) is 0. The van der Waals surface area contributed by atoms with Crippen molar-refractivity contribution in [2.24, 2.45) is 5.73 Å². The van der Waals surface area contributed by atoms with Crippen LogP contribution in [0.15, 0.2) is 23.1 Å². The molecule has 8 heteroatoms. The molecule has 1 aromatic carbocycles. The Bertz CT molecular complexity index is 610. The SMILES string of the molecule is COC(=O)CNS(=O)(=O)c1ccc(C)c(C(N)=O)c1. The van der Waals surface area contributed by atoms with Gasteiger partial charge in [-0.2, -0.15) is 4.72 Å². The molecular formula is C11H14N2O5S. The van der Waals surface area contributed by atoms with Crippen molar-refractivity contribution in [1.82, 2.24) is 4.72 Å². The van der Waals surface area contributed by atoms with Gasteiger partial charge in [0.2, 0.25) is 15.9 Å². The maximum Gasteiger partial charge on any atom is 0.320 e. The summed E-state index contributed by atoms with van der Waals surface area (Å²) in [4.78, 5) is 21.9. The van der Waals surface area contributed by atoms with Crippen molar-refractivity contribution in [2.45, 2.75) is 11.8 Å².